The summed E-state index contributed by atoms with van der Waals surface area (Å²) in [6, 6.07) is 6.41. The van der Waals surface area contributed by atoms with Gasteiger partial charge in [-0.25, -0.2) is 9.78 Å². The van der Waals surface area contributed by atoms with Crippen LogP contribution < -0.4 is 16.2 Å². The first-order valence-corrected chi connectivity index (χ1v) is 10.2. The highest BCUT2D eigenvalue weighted by Crippen LogP contribution is 2.17. The molecule has 1 aromatic heterocycles. The van der Waals surface area contributed by atoms with Gasteiger partial charge in [0.25, 0.3) is 11.5 Å². The van der Waals surface area contributed by atoms with Gasteiger partial charge in [-0.3, -0.25) is 19.7 Å². The van der Waals surface area contributed by atoms with Crippen LogP contribution in [0.5, 0.6) is 0 Å². The van der Waals surface area contributed by atoms with Crippen molar-refractivity contribution in [2.75, 3.05) is 0 Å². The summed E-state index contributed by atoms with van der Waals surface area (Å²) in [4.78, 5) is 55.1. The predicted octanol–water partition coefficient (Wildman–Crippen LogP) is 1.95. The van der Waals surface area contributed by atoms with Crippen LogP contribution in [0.4, 0.5) is 4.79 Å². The maximum Gasteiger partial charge on any atom is 0.321 e. The van der Waals surface area contributed by atoms with Crippen LogP contribution >= 0.6 is 0 Å². The highest BCUT2D eigenvalue weighted by molar-refractivity contribution is 5.97. The van der Waals surface area contributed by atoms with Gasteiger partial charge in [0.1, 0.15) is 5.82 Å². The molecule has 0 unspecified atom stereocenters. The normalized spacial score (nSPS) is 15.4. The van der Waals surface area contributed by atoms with Crippen molar-refractivity contribution in [1.29, 1.82) is 0 Å². The molecular weight excluding hydrogens is 388 g/mol. The van der Waals surface area contributed by atoms with Crippen LogP contribution in [-0.4, -0.2) is 40.0 Å². The Morgan fingerprint density at radius 3 is 2.70 bits per heavy atom. The number of ether oxygens (including phenoxy) is 1. The Balaban J connectivity index is 1.45. The third-order valence-electron chi connectivity index (χ3n) is 5.08. The number of hydrogen-bond donors (Lipinski definition) is 3. The van der Waals surface area contributed by atoms with E-state index < -0.39 is 24.0 Å². The van der Waals surface area contributed by atoms with Crippen LogP contribution in [0.1, 0.15) is 51.3 Å². The number of aromatic amines is 1. The molecule has 2 aromatic rings. The fraction of sp³-hybridized carbons (Fsp3) is 0.476. The Kier molecular flexibility index (Phi) is 7.16. The zero-order valence-corrected chi connectivity index (χ0v) is 16.9. The molecule has 1 saturated carbocycles. The third-order valence-corrected chi connectivity index (χ3v) is 5.08. The van der Waals surface area contributed by atoms with Crippen molar-refractivity contribution in [1.82, 2.24) is 20.6 Å². The fourth-order valence-electron chi connectivity index (χ4n) is 3.47. The molecule has 160 valence electrons. The molecule has 30 heavy (non-hydrogen) atoms. The lowest BCUT2D eigenvalue weighted by atomic mass is 9.96. The second-order valence-corrected chi connectivity index (χ2v) is 7.46. The van der Waals surface area contributed by atoms with Gasteiger partial charge in [-0.15, -0.1) is 0 Å². The van der Waals surface area contributed by atoms with Crippen molar-refractivity contribution >= 4 is 28.8 Å². The van der Waals surface area contributed by atoms with Gasteiger partial charge in [0.15, 0.2) is 6.10 Å². The van der Waals surface area contributed by atoms with E-state index in [9.17, 15) is 19.2 Å². The standard InChI is InChI=1S/C21H26N4O5/c1-13(19(27)25-21(29)22-14-7-3-2-4-8-14)30-18(26)12-11-17-23-16-10-6-5-9-15(16)20(28)24-17/h5-6,9-10,13-14H,2-4,7-8,11-12H2,1H3,(H,23,24,28)(H2,22,25,27,29)/t13-/m0/s1. The van der Waals surface area contributed by atoms with E-state index in [1.165, 1.54) is 6.92 Å². The van der Waals surface area contributed by atoms with Crippen molar-refractivity contribution in [3.63, 3.8) is 0 Å². The van der Waals surface area contributed by atoms with Crippen molar-refractivity contribution in [3.05, 3.63) is 40.4 Å². The van der Waals surface area contributed by atoms with Crippen molar-refractivity contribution in [2.45, 2.75) is 64.0 Å². The van der Waals surface area contributed by atoms with E-state index in [4.69, 9.17) is 4.74 Å². The summed E-state index contributed by atoms with van der Waals surface area (Å²) in [5.41, 5.74) is 0.266. The van der Waals surface area contributed by atoms with Crippen LogP contribution in [0, 0.1) is 0 Å². The molecule has 1 fully saturated rings. The van der Waals surface area contributed by atoms with Gasteiger partial charge in [-0.2, -0.15) is 0 Å². The minimum atomic E-state index is -1.11. The highest BCUT2D eigenvalue weighted by Gasteiger charge is 2.22. The molecule has 1 aliphatic carbocycles. The SMILES string of the molecule is C[C@H](OC(=O)CCc1nc2ccccc2c(=O)[nH]1)C(=O)NC(=O)NC1CCCCC1. The molecule has 1 heterocycles. The maximum absolute atomic E-state index is 12.1. The number of carbonyl (C=O) groups excluding carboxylic acids is 3. The summed E-state index contributed by atoms with van der Waals surface area (Å²) < 4.78 is 5.09. The van der Waals surface area contributed by atoms with Crippen LogP contribution in [0.2, 0.25) is 0 Å². The molecule has 3 rings (SSSR count). The maximum atomic E-state index is 12.1. The Hall–Kier alpha value is -3.23. The molecule has 0 bridgehead atoms. The molecule has 0 saturated heterocycles. The summed E-state index contributed by atoms with van der Waals surface area (Å²) in [7, 11) is 0. The van der Waals surface area contributed by atoms with Crippen LogP contribution in [0.25, 0.3) is 10.9 Å². The minimum absolute atomic E-state index is 0.0623. The number of imide groups is 1. The van der Waals surface area contributed by atoms with E-state index in [1.807, 2.05) is 0 Å². The summed E-state index contributed by atoms with van der Waals surface area (Å²) in [5.74, 6) is -0.949. The minimum Gasteiger partial charge on any atom is -0.453 e. The molecule has 3 amide bonds. The molecule has 1 aromatic carbocycles. The fourth-order valence-corrected chi connectivity index (χ4v) is 3.47. The molecular formula is C21H26N4O5. The lowest BCUT2D eigenvalue weighted by Gasteiger charge is -2.23. The van der Waals surface area contributed by atoms with E-state index in [1.54, 1.807) is 24.3 Å². The number of carbonyl (C=O) groups is 3. The second kappa shape index (κ2) is 10.00. The Morgan fingerprint density at radius 2 is 1.93 bits per heavy atom. The average molecular weight is 414 g/mol. The molecule has 9 heteroatoms. The van der Waals surface area contributed by atoms with E-state index in [-0.39, 0.29) is 24.4 Å². The highest BCUT2D eigenvalue weighted by atomic mass is 16.5. The second-order valence-electron chi connectivity index (χ2n) is 7.46. The number of nitrogens with one attached hydrogen (secondary N) is 3. The molecule has 1 atom stereocenters. The van der Waals surface area contributed by atoms with Gasteiger partial charge in [-0.1, -0.05) is 31.4 Å². The van der Waals surface area contributed by atoms with Crippen molar-refractivity contribution in [3.8, 4) is 0 Å². The van der Waals surface area contributed by atoms with E-state index >= 15 is 0 Å². The predicted molar refractivity (Wildman–Crippen MR) is 110 cm³/mol. The topological polar surface area (TPSA) is 130 Å². The number of hydrogen-bond acceptors (Lipinski definition) is 6. The Bertz CT molecular complexity index is 981. The largest absolute Gasteiger partial charge is 0.453 e. The monoisotopic (exact) mass is 414 g/mol. The van der Waals surface area contributed by atoms with Crippen LogP contribution in [0.3, 0.4) is 0 Å². The smallest absolute Gasteiger partial charge is 0.321 e. The number of H-pyrrole nitrogens is 1. The molecule has 0 spiro atoms. The number of para-hydroxylation sites is 1. The Morgan fingerprint density at radius 1 is 1.20 bits per heavy atom. The van der Waals surface area contributed by atoms with Gasteiger partial charge in [0, 0.05) is 12.5 Å². The summed E-state index contributed by atoms with van der Waals surface area (Å²) in [5, 5.41) is 5.45. The number of aromatic nitrogens is 2. The molecule has 9 nitrogen and oxygen atoms in total. The number of nitrogens with zero attached hydrogens (tertiary/aromatic N) is 1. The Labute approximate surface area is 173 Å². The van der Waals surface area contributed by atoms with Gasteiger partial charge in [-0.05, 0) is 31.9 Å². The number of aryl methyl sites for hydroxylation is 1. The number of benzene rings is 1. The lowest BCUT2D eigenvalue weighted by Crippen LogP contribution is -2.48. The van der Waals surface area contributed by atoms with Gasteiger partial charge in [0.05, 0.1) is 17.3 Å². The number of amides is 3. The molecule has 0 aliphatic heterocycles. The summed E-state index contributed by atoms with van der Waals surface area (Å²) >= 11 is 0. The molecule has 1 aliphatic rings. The summed E-state index contributed by atoms with van der Waals surface area (Å²) in [6.07, 6.45) is 4.07. The van der Waals surface area contributed by atoms with Crippen LogP contribution in [0.15, 0.2) is 29.1 Å². The van der Waals surface area contributed by atoms with Crippen molar-refractivity contribution < 1.29 is 19.1 Å². The number of rotatable bonds is 6. The molecule has 3 N–H and O–H groups in total. The zero-order valence-electron chi connectivity index (χ0n) is 16.9. The quantitative estimate of drug-likeness (QED) is 0.620. The van der Waals surface area contributed by atoms with E-state index in [2.05, 4.69) is 20.6 Å². The van der Waals surface area contributed by atoms with Gasteiger partial charge >= 0.3 is 12.0 Å². The number of fused-ring (bicyclic) bond motifs is 1. The van der Waals surface area contributed by atoms with Crippen LogP contribution in [-0.2, 0) is 20.7 Å². The number of esters is 1. The third kappa shape index (κ3) is 5.88. The summed E-state index contributed by atoms with van der Waals surface area (Å²) in [6.45, 7) is 1.40. The lowest BCUT2D eigenvalue weighted by molar-refractivity contribution is -0.154. The zero-order chi connectivity index (χ0) is 21.5. The average Bonchev–Trinajstić information content (AvgIpc) is 2.73. The van der Waals surface area contributed by atoms with Gasteiger partial charge < -0.3 is 15.0 Å². The van der Waals surface area contributed by atoms with Crippen molar-refractivity contribution in [2.24, 2.45) is 0 Å². The van der Waals surface area contributed by atoms with E-state index in [0.717, 1.165) is 32.1 Å². The first-order valence-electron chi connectivity index (χ1n) is 10.2. The molecule has 0 radical (unpaired) electrons. The van der Waals surface area contributed by atoms with E-state index in [0.29, 0.717) is 16.7 Å². The number of urea groups is 1. The van der Waals surface area contributed by atoms with Gasteiger partial charge in [0.2, 0.25) is 0 Å². The first kappa shape index (κ1) is 21.5. The first-order chi connectivity index (χ1) is 14.4.